The van der Waals surface area contributed by atoms with E-state index in [4.69, 9.17) is 18.9 Å². The molecule has 4 rings (SSSR count). The van der Waals surface area contributed by atoms with Crippen molar-refractivity contribution in [3.05, 3.63) is 34.6 Å². The molecule has 1 N–H and O–H groups in total. The number of H-pyrrole nitrogens is 1. The number of carbonyl (C=O) groups excluding carboxylic acids is 1. The number of amides is 1. The van der Waals surface area contributed by atoms with Crippen molar-refractivity contribution in [3.63, 3.8) is 0 Å². The van der Waals surface area contributed by atoms with Gasteiger partial charge in [0.25, 0.3) is 5.90 Å². The summed E-state index contributed by atoms with van der Waals surface area (Å²) in [5.41, 5.74) is 3.55. The predicted octanol–water partition coefficient (Wildman–Crippen LogP) is 2.55. The van der Waals surface area contributed by atoms with Crippen LogP contribution in [0.5, 0.6) is 17.2 Å². The highest BCUT2D eigenvalue weighted by molar-refractivity contribution is 5.96. The molecule has 0 saturated carbocycles. The van der Waals surface area contributed by atoms with Crippen molar-refractivity contribution in [2.75, 3.05) is 21.3 Å². The molecule has 154 valence electrons. The molecule has 2 heterocycles. The number of hydrogen-bond acceptors (Lipinski definition) is 7. The second-order valence-electron chi connectivity index (χ2n) is 6.93. The van der Waals surface area contributed by atoms with Crippen LogP contribution < -0.4 is 14.2 Å². The van der Waals surface area contributed by atoms with Crippen molar-refractivity contribution in [2.45, 2.75) is 38.8 Å². The van der Waals surface area contributed by atoms with Crippen LogP contribution in [-0.2, 0) is 22.4 Å². The Morgan fingerprint density at radius 1 is 1.14 bits per heavy atom. The van der Waals surface area contributed by atoms with Gasteiger partial charge in [-0.3, -0.25) is 9.89 Å². The molecule has 0 fully saturated rings. The number of benzene rings is 1. The highest BCUT2D eigenvalue weighted by atomic mass is 16.5. The zero-order valence-electron chi connectivity index (χ0n) is 16.9. The van der Waals surface area contributed by atoms with Crippen LogP contribution in [-0.4, -0.2) is 48.3 Å². The van der Waals surface area contributed by atoms with Crippen molar-refractivity contribution < 1.29 is 23.7 Å². The Morgan fingerprint density at radius 3 is 2.45 bits per heavy atom. The van der Waals surface area contributed by atoms with Gasteiger partial charge in [-0.25, -0.2) is 0 Å². The Hall–Kier alpha value is -3.23. The monoisotopic (exact) mass is 400 g/mol. The lowest BCUT2D eigenvalue weighted by Crippen LogP contribution is -2.25. The van der Waals surface area contributed by atoms with Gasteiger partial charge < -0.3 is 18.9 Å². The van der Waals surface area contributed by atoms with E-state index in [1.807, 2.05) is 0 Å². The van der Waals surface area contributed by atoms with Crippen LogP contribution in [0.15, 0.2) is 17.2 Å². The maximum absolute atomic E-state index is 12.3. The van der Waals surface area contributed by atoms with Crippen LogP contribution in [0.4, 0.5) is 0 Å². The molecule has 1 aromatic heterocycles. The van der Waals surface area contributed by atoms with Gasteiger partial charge in [-0.2, -0.15) is 10.1 Å². The van der Waals surface area contributed by atoms with Gasteiger partial charge in [0.2, 0.25) is 17.9 Å². The second-order valence-corrected chi connectivity index (χ2v) is 6.93. The molecule has 1 aromatic carbocycles. The molecule has 1 aliphatic carbocycles. The number of aryl methyl sites for hydroxylation is 1. The van der Waals surface area contributed by atoms with Crippen LogP contribution in [0, 0.1) is 0 Å². The molecule has 0 spiro atoms. The van der Waals surface area contributed by atoms with Crippen LogP contribution in [0.1, 0.15) is 48.5 Å². The van der Waals surface area contributed by atoms with Crippen molar-refractivity contribution >= 4 is 11.8 Å². The van der Waals surface area contributed by atoms with E-state index in [2.05, 4.69) is 15.3 Å². The Labute approximate surface area is 168 Å². The van der Waals surface area contributed by atoms with E-state index in [-0.39, 0.29) is 5.91 Å². The van der Waals surface area contributed by atoms with Gasteiger partial charge in [-0.1, -0.05) is 0 Å². The minimum Gasteiger partial charge on any atom is -0.493 e. The largest absolute Gasteiger partial charge is 0.493 e. The second kappa shape index (κ2) is 7.65. The number of aromatic nitrogens is 2. The van der Waals surface area contributed by atoms with E-state index in [1.165, 1.54) is 33.3 Å². The molecule has 9 heteroatoms. The van der Waals surface area contributed by atoms with E-state index in [0.29, 0.717) is 34.4 Å². The zero-order valence-corrected chi connectivity index (χ0v) is 16.9. The number of aromatic amines is 1. The third-order valence-electron chi connectivity index (χ3n) is 5.20. The van der Waals surface area contributed by atoms with E-state index >= 15 is 0 Å². The molecule has 0 saturated heterocycles. The molecule has 1 amide bonds. The summed E-state index contributed by atoms with van der Waals surface area (Å²) in [5, 5.41) is 13.2. The van der Waals surface area contributed by atoms with Crippen LogP contribution in [0.25, 0.3) is 0 Å². The number of methoxy groups -OCH3 is 3. The third-order valence-corrected chi connectivity index (χ3v) is 5.20. The molecule has 9 nitrogen and oxygen atoms in total. The van der Waals surface area contributed by atoms with Gasteiger partial charge in [0.15, 0.2) is 17.2 Å². The maximum atomic E-state index is 12.3. The highest BCUT2D eigenvalue weighted by Gasteiger charge is 2.37. The number of nitrogens with one attached hydrogen (secondary N) is 1. The quantitative estimate of drug-likeness (QED) is 0.828. The topological polar surface area (TPSA) is 98.3 Å². The van der Waals surface area contributed by atoms with Crippen LogP contribution >= 0.6 is 0 Å². The van der Waals surface area contributed by atoms with Crippen molar-refractivity contribution in [1.82, 2.24) is 15.2 Å². The van der Waals surface area contributed by atoms with Crippen LogP contribution in [0.2, 0.25) is 0 Å². The van der Waals surface area contributed by atoms with Gasteiger partial charge in [-0.05, 0) is 37.8 Å². The zero-order chi connectivity index (χ0) is 20.5. The van der Waals surface area contributed by atoms with Gasteiger partial charge >= 0.3 is 0 Å². The fraction of sp³-hybridized carbons (Fsp3) is 0.450. The summed E-state index contributed by atoms with van der Waals surface area (Å²) >= 11 is 0. The average Bonchev–Trinajstić information content (AvgIpc) is 3.37. The number of hydrogen-bond donors (Lipinski definition) is 1. The summed E-state index contributed by atoms with van der Waals surface area (Å²) in [4.78, 5) is 12.3. The highest BCUT2D eigenvalue weighted by Crippen LogP contribution is 2.42. The maximum Gasteiger partial charge on any atom is 0.262 e. The normalized spacial score (nSPS) is 18.0. The lowest BCUT2D eigenvalue weighted by molar-refractivity contribution is -0.135. The number of rotatable bonds is 5. The number of ether oxygens (including phenoxy) is 4. The fourth-order valence-corrected chi connectivity index (χ4v) is 3.78. The van der Waals surface area contributed by atoms with Gasteiger partial charge in [0.05, 0.1) is 21.3 Å². The SMILES string of the molecule is COc1cc([C@@H]2OC(c3n[nH]c4c3CCCC4)=NN2C(C)=O)cc(OC)c1OC. The number of fused-ring (bicyclic) bond motifs is 1. The van der Waals surface area contributed by atoms with E-state index in [0.717, 1.165) is 36.9 Å². The van der Waals surface area contributed by atoms with Crippen molar-refractivity contribution in [1.29, 1.82) is 0 Å². The van der Waals surface area contributed by atoms with Crippen LogP contribution in [0.3, 0.4) is 0 Å². The Kier molecular flexibility index (Phi) is 5.04. The third kappa shape index (κ3) is 3.26. The standard InChI is InChI=1S/C20H24N4O5/c1-11(25)24-20(12-9-15(26-2)18(28-4)16(10-12)27-3)29-19(23-24)17-13-7-5-6-8-14(13)21-22-17/h9-10,20H,5-8H2,1-4H3,(H,21,22)/t20-/m0/s1. The van der Waals surface area contributed by atoms with E-state index < -0.39 is 6.23 Å². The minimum atomic E-state index is -0.757. The predicted molar refractivity (Wildman–Crippen MR) is 104 cm³/mol. The number of nitrogens with zero attached hydrogens (tertiary/aromatic N) is 3. The summed E-state index contributed by atoms with van der Waals surface area (Å²) in [6.45, 7) is 1.45. The summed E-state index contributed by atoms with van der Waals surface area (Å²) in [5.74, 6) is 1.49. The fourth-order valence-electron chi connectivity index (χ4n) is 3.78. The average molecular weight is 400 g/mol. The Bertz CT molecular complexity index is 943. The molecule has 0 radical (unpaired) electrons. The Balaban J connectivity index is 1.72. The van der Waals surface area contributed by atoms with Gasteiger partial charge in [-0.15, -0.1) is 5.10 Å². The van der Waals surface area contributed by atoms with Gasteiger partial charge in [0.1, 0.15) is 0 Å². The molecule has 1 aliphatic heterocycles. The molecule has 0 unspecified atom stereocenters. The molecule has 2 aliphatic rings. The molecule has 2 aromatic rings. The summed E-state index contributed by atoms with van der Waals surface area (Å²) < 4.78 is 22.4. The van der Waals surface area contributed by atoms with Crippen molar-refractivity contribution in [2.24, 2.45) is 5.10 Å². The summed E-state index contributed by atoms with van der Waals surface area (Å²) in [7, 11) is 4.62. The summed E-state index contributed by atoms with van der Waals surface area (Å²) in [6.07, 6.45) is 3.35. The lowest BCUT2D eigenvalue weighted by Gasteiger charge is -2.21. The first-order chi connectivity index (χ1) is 14.1. The van der Waals surface area contributed by atoms with Crippen molar-refractivity contribution in [3.8, 4) is 17.2 Å². The van der Waals surface area contributed by atoms with Gasteiger partial charge in [0, 0.05) is 23.7 Å². The molecule has 1 atom stereocenters. The number of hydrazone groups is 1. The first-order valence-electron chi connectivity index (χ1n) is 9.48. The molecule has 29 heavy (non-hydrogen) atoms. The first-order valence-corrected chi connectivity index (χ1v) is 9.48. The van der Waals surface area contributed by atoms with E-state index in [9.17, 15) is 4.79 Å². The number of carbonyl (C=O) groups is 1. The Morgan fingerprint density at radius 2 is 1.83 bits per heavy atom. The first kappa shape index (κ1) is 19.1. The lowest BCUT2D eigenvalue weighted by atomic mass is 9.96. The van der Waals surface area contributed by atoms with E-state index in [1.54, 1.807) is 12.1 Å². The minimum absolute atomic E-state index is 0.247. The molecule has 0 bridgehead atoms. The molecular weight excluding hydrogens is 376 g/mol. The molecular formula is C20H24N4O5. The smallest absolute Gasteiger partial charge is 0.262 e. The summed E-state index contributed by atoms with van der Waals surface area (Å²) in [6, 6.07) is 3.50.